The van der Waals surface area contributed by atoms with Crippen LogP contribution in [-0.4, -0.2) is 4.92 Å². The van der Waals surface area contributed by atoms with E-state index in [1.165, 1.54) is 0 Å². The second kappa shape index (κ2) is 3.55. The molecule has 0 radical (unpaired) electrons. The molecular weight excluding hydrogens is 137 g/mol. The Labute approximate surface area is 57.3 Å². The summed E-state index contributed by atoms with van der Waals surface area (Å²) in [5, 5.41) is 9.92. The lowest BCUT2D eigenvalue weighted by atomic mass is 10.4. The van der Waals surface area contributed by atoms with Gasteiger partial charge in [0.1, 0.15) is 0 Å². The van der Waals surface area contributed by atoms with Gasteiger partial charge in [-0.05, 0) is 0 Å². The lowest BCUT2D eigenvalue weighted by molar-refractivity contribution is -0.422. The number of rotatable bonds is 3. The van der Waals surface area contributed by atoms with Crippen molar-refractivity contribution in [3.05, 3.63) is 46.9 Å². The van der Waals surface area contributed by atoms with Gasteiger partial charge < -0.3 is 0 Å². The van der Waals surface area contributed by atoms with E-state index >= 15 is 0 Å². The first-order chi connectivity index (χ1) is 4.59. The predicted molar refractivity (Wildman–Crippen MR) is 35.5 cm³/mol. The highest BCUT2D eigenvalue weighted by Gasteiger charge is 2.12. The van der Waals surface area contributed by atoms with Crippen molar-refractivity contribution in [1.29, 1.82) is 0 Å². The Kier molecular flexibility index (Phi) is 3.04. The summed E-state index contributed by atoms with van der Waals surface area (Å²) in [6, 6.07) is 0. The average Bonchev–Trinajstić information content (AvgIpc) is 1.81. The lowest BCUT2D eigenvalue weighted by Crippen LogP contribution is -1.97. The van der Waals surface area contributed by atoms with Crippen molar-refractivity contribution in [3.8, 4) is 0 Å². The van der Waals surface area contributed by atoms with Crippen molar-refractivity contribution in [2.24, 2.45) is 0 Å². The molecule has 0 aliphatic rings. The van der Waals surface area contributed by atoms with Crippen LogP contribution in [-0.2, 0) is 0 Å². The summed E-state index contributed by atoms with van der Waals surface area (Å²) in [4.78, 5) is 9.06. The molecule has 0 atom stereocenters. The Hall–Kier alpha value is -1.45. The molecular formula is C6H6FNO2. The van der Waals surface area contributed by atoms with E-state index in [0.717, 1.165) is 12.2 Å². The fourth-order valence-corrected chi connectivity index (χ4v) is 0.362. The molecule has 0 unspecified atom stereocenters. The van der Waals surface area contributed by atoms with Gasteiger partial charge in [0.05, 0.1) is 4.92 Å². The van der Waals surface area contributed by atoms with Crippen LogP contribution >= 0.6 is 0 Å². The average molecular weight is 143 g/mol. The molecule has 0 spiro atoms. The SMILES string of the molecule is C=C/C=C(\C(=C)F)[N+](=O)[O-]. The van der Waals surface area contributed by atoms with Crippen molar-refractivity contribution in [2.45, 2.75) is 0 Å². The molecule has 0 aromatic carbocycles. The zero-order valence-corrected chi connectivity index (χ0v) is 5.21. The maximum absolute atomic E-state index is 12.1. The monoisotopic (exact) mass is 143 g/mol. The number of hydrogen-bond donors (Lipinski definition) is 0. The molecule has 0 saturated heterocycles. The second-order valence-electron chi connectivity index (χ2n) is 1.45. The second-order valence-corrected chi connectivity index (χ2v) is 1.45. The standard InChI is InChI=1S/C6H6FNO2/c1-3-4-6(5(2)7)8(9)10/h3-4H,1-2H2/b6-4+. The minimum Gasteiger partial charge on any atom is -0.258 e. The van der Waals surface area contributed by atoms with Crippen LogP contribution in [0.3, 0.4) is 0 Å². The zero-order valence-electron chi connectivity index (χ0n) is 5.21. The van der Waals surface area contributed by atoms with E-state index in [1.807, 2.05) is 0 Å². The topological polar surface area (TPSA) is 43.1 Å². The van der Waals surface area contributed by atoms with E-state index in [1.54, 1.807) is 0 Å². The molecule has 0 heterocycles. The molecule has 0 rings (SSSR count). The molecule has 0 N–H and O–H groups in total. The first-order valence-corrected chi connectivity index (χ1v) is 2.41. The van der Waals surface area contributed by atoms with Crippen LogP contribution in [0, 0.1) is 10.1 Å². The minimum atomic E-state index is -1.06. The number of hydrogen-bond acceptors (Lipinski definition) is 2. The smallest absolute Gasteiger partial charge is 0.258 e. The lowest BCUT2D eigenvalue weighted by Gasteiger charge is -1.89. The third kappa shape index (κ3) is 2.21. The molecule has 3 nitrogen and oxygen atoms in total. The molecule has 10 heavy (non-hydrogen) atoms. The Morgan fingerprint density at radius 2 is 2.20 bits per heavy atom. The van der Waals surface area contributed by atoms with Crippen molar-refractivity contribution in [3.63, 3.8) is 0 Å². The van der Waals surface area contributed by atoms with Gasteiger partial charge in [-0.2, -0.15) is 0 Å². The minimum absolute atomic E-state index is 0.657. The number of nitro groups is 1. The summed E-state index contributed by atoms with van der Waals surface area (Å²) in [5.41, 5.74) is -0.657. The largest absolute Gasteiger partial charge is 0.304 e. The van der Waals surface area contributed by atoms with Crippen LogP contribution < -0.4 is 0 Å². The molecule has 0 aromatic rings. The van der Waals surface area contributed by atoms with Crippen LogP contribution in [0.4, 0.5) is 4.39 Å². The Balaban J connectivity index is 4.58. The molecule has 54 valence electrons. The summed E-state index contributed by atoms with van der Waals surface area (Å²) in [6.45, 7) is 5.95. The third-order valence-corrected chi connectivity index (χ3v) is 0.750. The van der Waals surface area contributed by atoms with Crippen molar-refractivity contribution < 1.29 is 9.31 Å². The molecule has 0 saturated carbocycles. The molecule has 0 bridgehead atoms. The summed E-state index contributed by atoms with van der Waals surface area (Å²) in [7, 11) is 0. The van der Waals surface area contributed by atoms with Gasteiger partial charge in [-0.3, -0.25) is 10.1 Å². The Morgan fingerprint density at radius 3 is 2.30 bits per heavy atom. The van der Waals surface area contributed by atoms with Crippen LogP contribution in [0.1, 0.15) is 0 Å². The summed E-state index contributed by atoms with van der Waals surface area (Å²) < 4.78 is 12.1. The normalized spacial score (nSPS) is 10.7. The Morgan fingerprint density at radius 1 is 1.70 bits per heavy atom. The first kappa shape index (κ1) is 8.55. The molecule has 0 aromatic heterocycles. The summed E-state index contributed by atoms with van der Waals surface area (Å²) in [6.07, 6.45) is 2.07. The highest BCUT2D eigenvalue weighted by Crippen LogP contribution is 2.08. The third-order valence-electron chi connectivity index (χ3n) is 0.750. The predicted octanol–water partition coefficient (Wildman–Crippen LogP) is 1.82. The van der Waals surface area contributed by atoms with Gasteiger partial charge in [-0.25, -0.2) is 4.39 Å². The summed E-state index contributed by atoms with van der Waals surface area (Å²) >= 11 is 0. The van der Waals surface area contributed by atoms with Crippen molar-refractivity contribution >= 4 is 0 Å². The number of halogens is 1. The van der Waals surface area contributed by atoms with Crippen molar-refractivity contribution in [2.75, 3.05) is 0 Å². The molecule has 0 aliphatic heterocycles. The van der Waals surface area contributed by atoms with E-state index in [4.69, 9.17) is 0 Å². The van der Waals surface area contributed by atoms with Gasteiger partial charge in [0.15, 0.2) is 5.83 Å². The van der Waals surface area contributed by atoms with Gasteiger partial charge in [0.25, 0.3) is 0 Å². The maximum atomic E-state index is 12.1. The van der Waals surface area contributed by atoms with E-state index in [-0.39, 0.29) is 0 Å². The summed E-state index contributed by atoms with van der Waals surface area (Å²) in [5.74, 6) is -1.06. The zero-order chi connectivity index (χ0) is 8.15. The van der Waals surface area contributed by atoms with Crippen LogP contribution in [0.5, 0.6) is 0 Å². The maximum Gasteiger partial charge on any atom is 0.304 e. The van der Waals surface area contributed by atoms with Crippen LogP contribution in [0.2, 0.25) is 0 Å². The highest BCUT2D eigenvalue weighted by atomic mass is 19.1. The number of nitrogens with zero attached hydrogens (tertiary/aromatic N) is 1. The molecule has 4 heteroatoms. The molecule has 0 amide bonds. The highest BCUT2D eigenvalue weighted by molar-refractivity contribution is 5.18. The van der Waals surface area contributed by atoms with E-state index < -0.39 is 16.4 Å². The molecule has 0 fully saturated rings. The van der Waals surface area contributed by atoms with Gasteiger partial charge >= 0.3 is 5.70 Å². The number of allylic oxidation sites excluding steroid dienone is 3. The molecule has 0 aliphatic carbocycles. The fourth-order valence-electron chi connectivity index (χ4n) is 0.362. The van der Waals surface area contributed by atoms with Gasteiger partial charge in [0.2, 0.25) is 0 Å². The Bertz CT molecular complexity index is 192. The van der Waals surface area contributed by atoms with E-state index in [9.17, 15) is 14.5 Å². The van der Waals surface area contributed by atoms with Gasteiger partial charge in [-0.1, -0.05) is 19.2 Å². The van der Waals surface area contributed by atoms with Crippen LogP contribution in [0.15, 0.2) is 36.8 Å². The van der Waals surface area contributed by atoms with E-state index in [2.05, 4.69) is 13.2 Å². The van der Waals surface area contributed by atoms with E-state index in [0.29, 0.717) is 0 Å². The van der Waals surface area contributed by atoms with Gasteiger partial charge in [0, 0.05) is 6.08 Å². The van der Waals surface area contributed by atoms with Crippen LogP contribution in [0.25, 0.3) is 0 Å². The quantitative estimate of drug-likeness (QED) is 0.343. The first-order valence-electron chi connectivity index (χ1n) is 2.41. The van der Waals surface area contributed by atoms with Gasteiger partial charge in [-0.15, -0.1) is 0 Å². The fraction of sp³-hybridized carbons (Fsp3) is 0. The van der Waals surface area contributed by atoms with Crippen molar-refractivity contribution in [1.82, 2.24) is 0 Å².